The van der Waals surface area contributed by atoms with Gasteiger partial charge in [-0.25, -0.2) is 0 Å². The second kappa shape index (κ2) is 13.8. The van der Waals surface area contributed by atoms with Crippen LogP contribution < -0.4 is 9.80 Å². The number of nitrogens with zero attached hydrogens (tertiary/aromatic N) is 2. The van der Waals surface area contributed by atoms with Crippen LogP contribution in [0.15, 0.2) is 158 Å². The van der Waals surface area contributed by atoms with E-state index in [1.807, 2.05) is 6.08 Å². The molecule has 2 nitrogen and oxygen atoms in total. The van der Waals surface area contributed by atoms with Gasteiger partial charge in [0.15, 0.2) is 0 Å². The number of unbranched alkanes of at least 4 members (excludes halogenated alkanes) is 3. The van der Waals surface area contributed by atoms with Gasteiger partial charge in [-0.3, -0.25) is 0 Å². The molecule has 1 atom stereocenters. The van der Waals surface area contributed by atoms with Crippen molar-refractivity contribution in [2.24, 2.45) is 0 Å². The van der Waals surface area contributed by atoms with Gasteiger partial charge >= 0.3 is 0 Å². The van der Waals surface area contributed by atoms with E-state index in [2.05, 4.69) is 182 Å². The number of para-hydroxylation sites is 3. The SMILES string of the molecule is C=Cc1ccc(N(c2ccccc2)c2ccc3c(c2)C(C)(CCCCCC)c2cc(N(c4ccccc4)c4ccccc4)ccc2-3)cc1. The lowest BCUT2D eigenvalue weighted by atomic mass is 9.75. The molecule has 7 rings (SSSR count). The summed E-state index contributed by atoms with van der Waals surface area (Å²) in [6, 6.07) is 55.1. The number of benzene rings is 6. The lowest BCUT2D eigenvalue weighted by molar-refractivity contribution is 0.487. The Kier molecular flexibility index (Phi) is 8.99. The van der Waals surface area contributed by atoms with Crippen LogP contribution in [0.4, 0.5) is 34.1 Å². The molecule has 0 aliphatic heterocycles. The fourth-order valence-corrected chi connectivity index (χ4v) is 7.43. The van der Waals surface area contributed by atoms with E-state index in [1.165, 1.54) is 59.3 Å². The van der Waals surface area contributed by atoms with Gasteiger partial charge in [-0.1, -0.05) is 131 Å². The summed E-state index contributed by atoms with van der Waals surface area (Å²) < 4.78 is 0. The van der Waals surface area contributed by atoms with E-state index in [4.69, 9.17) is 0 Å². The monoisotopic (exact) mass is 624 g/mol. The van der Waals surface area contributed by atoms with Crippen molar-refractivity contribution in [3.05, 3.63) is 175 Å². The average Bonchev–Trinajstić information content (AvgIpc) is 3.39. The van der Waals surface area contributed by atoms with Crippen LogP contribution in [-0.2, 0) is 5.41 Å². The molecule has 0 spiro atoms. The molecule has 0 fully saturated rings. The molecule has 0 bridgehead atoms. The second-order valence-corrected chi connectivity index (χ2v) is 13.1. The van der Waals surface area contributed by atoms with E-state index in [0.29, 0.717) is 0 Å². The molecule has 0 radical (unpaired) electrons. The van der Waals surface area contributed by atoms with Crippen LogP contribution in [0, 0.1) is 0 Å². The van der Waals surface area contributed by atoms with Gasteiger partial charge in [0.25, 0.3) is 0 Å². The number of hydrogen-bond donors (Lipinski definition) is 0. The Bertz CT molecular complexity index is 1940. The largest absolute Gasteiger partial charge is 0.310 e. The topological polar surface area (TPSA) is 6.48 Å². The van der Waals surface area contributed by atoms with Gasteiger partial charge in [0.2, 0.25) is 0 Å². The maximum Gasteiger partial charge on any atom is 0.0465 e. The predicted octanol–water partition coefficient (Wildman–Crippen LogP) is 13.5. The Morgan fingerprint density at radius 1 is 0.500 bits per heavy atom. The first-order valence-electron chi connectivity index (χ1n) is 17.4. The highest BCUT2D eigenvalue weighted by Gasteiger charge is 2.40. The Labute approximate surface area is 286 Å². The van der Waals surface area contributed by atoms with Crippen LogP contribution in [0.25, 0.3) is 17.2 Å². The van der Waals surface area contributed by atoms with Gasteiger partial charge in [-0.2, -0.15) is 0 Å². The third kappa shape index (κ3) is 5.95. The summed E-state index contributed by atoms with van der Waals surface area (Å²) in [6.07, 6.45) is 7.96. The van der Waals surface area contributed by atoms with Crippen LogP contribution in [0.1, 0.15) is 62.6 Å². The molecule has 2 heteroatoms. The standard InChI is InChI=1S/C46H44N2/c1-4-6-7-17-32-46(3)44-33-40(47(36-18-11-8-12-19-36)37-20-13-9-14-21-37)28-30-42(44)43-31-29-41(34-45(43)46)48(38-22-15-10-16-23-38)39-26-24-35(5-2)25-27-39/h5,8-16,18-31,33-34H,2,4,6-7,17,32H2,1,3H3. The fourth-order valence-electron chi connectivity index (χ4n) is 7.43. The van der Waals surface area contributed by atoms with Gasteiger partial charge in [0.1, 0.15) is 0 Å². The van der Waals surface area contributed by atoms with Crippen LogP contribution in [-0.4, -0.2) is 0 Å². The van der Waals surface area contributed by atoms with Gasteiger partial charge < -0.3 is 9.80 Å². The first-order chi connectivity index (χ1) is 23.6. The zero-order valence-electron chi connectivity index (χ0n) is 28.1. The van der Waals surface area contributed by atoms with Crippen molar-refractivity contribution in [1.29, 1.82) is 0 Å². The Balaban J connectivity index is 1.36. The highest BCUT2D eigenvalue weighted by Crippen LogP contribution is 2.54. The summed E-state index contributed by atoms with van der Waals surface area (Å²) in [6.45, 7) is 8.75. The first kappa shape index (κ1) is 31.3. The van der Waals surface area contributed by atoms with Crippen molar-refractivity contribution in [3.8, 4) is 11.1 Å². The minimum atomic E-state index is -0.126. The van der Waals surface area contributed by atoms with E-state index < -0.39 is 0 Å². The summed E-state index contributed by atoms with van der Waals surface area (Å²) in [5.74, 6) is 0. The van der Waals surface area contributed by atoms with Crippen LogP contribution in [0.5, 0.6) is 0 Å². The molecule has 0 saturated carbocycles. The smallest absolute Gasteiger partial charge is 0.0465 e. The van der Waals surface area contributed by atoms with Crippen LogP contribution in [0.2, 0.25) is 0 Å². The van der Waals surface area contributed by atoms with E-state index in [-0.39, 0.29) is 5.41 Å². The van der Waals surface area contributed by atoms with E-state index >= 15 is 0 Å². The summed E-state index contributed by atoms with van der Waals surface area (Å²) in [7, 11) is 0. The fraction of sp³-hybridized carbons (Fsp3) is 0.174. The molecular weight excluding hydrogens is 581 g/mol. The number of rotatable bonds is 12. The molecule has 1 aliphatic carbocycles. The van der Waals surface area contributed by atoms with Crippen molar-refractivity contribution >= 4 is 40.2 Å². The van der Waals surface area contributed by atoms with Gasteiger partial charge in [0, 0.05) is 39.5 Å². The zero-order chi connectivity index (χ0) is 32.9. The van der Waals surface area contributed by atoms with Gasteiger partial charge in [-0.15, -0.1) is 0 Å². The molecule has 1 aliphatic rings. The van der Waals surface area contributed by atoms with Gasteiger partial charge in [0.05, 0.1) is 0 Å². The van der Waals surface area contributed by atoms with E-state index in [0.717, 1.165) is 34.7 Å². The second-order valence-electron chi connectivity index (χ2n) is 13.1. The number of anilines is 6. The lowest BCUT2D eigenvalue weighted by Gasteiger charge is -2.31. The van der Waals surface area contributed by atoms with Gasteiger partial charge in [-0.05, 0) is 107 Å². The minimum Gasteiger partial charge on any atom is -0.310 e. The number of fused-ring (bicyclic) bond motifs is 3. The highest BCUT2D eigenvalue weighted by atomic mass is 15.1. The molecule has 238 valence electrons. The molecule has 1 unspecified atom stereocenters. The van der Waals surface area contributed by atoms with Crippen LogP contribution in [0.3, 0.4) is 0 Å². The first-order valence-corrected chi connectivity index (χ1v) is 17.4. The van der Waals surface area contributed by atoms with Crippen molar-refractivity contribution < 1.29 is 0 Å². The van der Waals surface area contributed by atoms with Crippen molar-refractivity contribution in [3.63, 3.8) is 0 Å². The highest BCUT2D eigenvalue weighted by molar-refractivity contribution is 5.88. The average molecular weight is 625 g/mol. The molecule has 0 amide bonds. The molecule has 6 aromatic carbocycles. The van der Waals surface area contributed by atoms with Crippen molar-refractivity contribution in [1.82, 2.24) is 0 Å². The zero-order valence-corrected chi connectivity index (χ0v) is 28.1. The summed E-state index contributed by atoms with van der Waals surface area (Å²) in [4.78, 5) is 4.77. The molecule has 6 aromatic rings. The molecule has 48 heavy (non-hydrogen) atoms. The maximum absolute atomic E-state index is 3.97. The molecule has 0 heterocycles. The Hall–Kier alpha value is -5.34. The van der Waals surface area contributed by atoms with Crippen molar-refractivity contribution in [2.45, 2.75) is 51.4 Å². The third-order valence-electron chi connectivity index (χ3n) is 9.96. The maximum atomic E-state index is 3.97. The quantitative estimate of drug-likeness (QED) is 0.125. The predicted molar refractivity (Wildman–Crippen MR) is 207 cm³/mol. The summed E-state index contributed by atoms with van der Waals surface area (Å²) in [5, 5.41) is 0. The van der Waals surface area contributed by atoms with E-state index in [9.17, 15) is 0 Å². The molecular formula is C46H44N2. The minimum absolute atomic E-state index is 0.126. The number of hydrogen-bond acceptors (Lipinski definition) is 2. The molecule has 0 N–H and O–H groups in total. The van der Waals surface area contributed by atoms with E-state index in [1.54, 1.807) is 0 Å². The third-order valence-corrected chi connectivity index (χ3v) is 9.96. The summed E-state index contributed by atoms with van der Waals surface area (Å²) in [5.41, 5.74) is 13.5. The molecule has 0 aromatic heterocycles. The Morgan fingerprint density at radius 3 is 1.33 bits per heavy atom. The summed E-state index contributed by atoms with van der Waals surface area (Å²) >= 11 is 0. The molecule has 0 saturated heterocycles. The Morgan fingerprint density at radius 2 is 0.917 bits per heavy atom. The van der Waals surface area contributed by atoms with Crippen LogP contribution >= 0.6 is 0 Å². The van der Waals surface area contributed by atoms with Crippen molar-refractivity contribution in [2.75, 3.05) is 9.80 Å². The lowest BCUT2D eigenvalue weighted by Crippen LogP contribution is -2.22. The normalized spacial score (nSPS) is 14.6.